The van der Waals surface area contributed by atoms with E-state index >= 15 is 0 Å². The molecule has 0 aliphatic rings. The minimum absolute atomic E-state index is 0.126. The summed E-state index contributed by atoms with van der Waals surface area (Å²) in [4.78, 5) is 11.5. The summed E-state index contributed by atoms with van der Waals surface area (Å²) < 4.78 is 93.8. The third kappa shape index (κ3) is 7.22. The van der Waals surface area contributed by atoms with Gasteiger partial charge in [0.15, 0.2) is 0 Å². The number of nitrogens with one attached hydrogen (secondary N) is 1. The van der Waals surface area contributed by atoms with Crippen LogP contribution in [-0.4, -0.2) is 48.6 Å². The van der Waals surface area contributed by atoms with Crippen molar-refractivity contribution in [1.29, 1.82) is 0 Å². The van der Waals surface area contributed by atoms with Crippen molar-refractivity contribution in [3.63, 3.8) is 0 Å². The van der Waals surface area contributed by atoms with E-state index in [9.17, 15) is 34.8 Å². The number of ether oxygens (including phenoxy) is 2. The van der Waals surface area contributed by atoms with Crippen molar-refractivity contribution < 1.29 is 44.3 Å². The van der Waals surface area contributed by atoms with Crippen LogP contribution in [0.1, 0.15) is 38.2 Å². The molecule has 2 unspecified atom stereocenters. The van der Waals surface area contributed by atoms with Gasteiger partial charge in [-0.15, -0.1) is 0 Å². The monoisotopic (exact) mass is 475 g/mol. The molecule has 1 N–H and O–H groups in total. The molecule has 0 aliphatic carbocycles. The van der Waals surface area contributed by atoms with Gasteiger partial charge in [-0.25, -0.2) is 16.8 Å². The summed E-state index contributed by atoms with van der Waals surface area (Å²) in [5.41, 5.74) is -5.14. The van der Waals surface area contributed by atoms with E-state index in [2.05, 4.69) is 0 Å². The van der Waals surface area contributed by atoms with Crippen LogP contribution in [0.2, 0.25) is 0 Å². The summed E-state index contributed by atoms with van der Waals surface area (Å²) >= 11 is 0. The Kier molecular flexibility index (Phi) is 9.26. The minimum Gasteiger partial charge on any atom is -0.463 e. The molecule has 1 rings (SSSR count). The maximum absolute atomic E-state index is 12.4. The fraction of sp³-hybridized carbons (Fsp3) is 0.588. The SMILES string of the molecule is CCC(CC(C)c1ccc(S(=O)(=O)NS(=O)(=O)C(F)(F)F)cc1)C(=O)OCCOC. The Morgan fingerprint density at radius 1 is 1.10 bits per heavy atom. The standard InChI is InChI=1S/C17H24F3NO7S2/c1-4-13(16(22)28-10-9-27-3)11-12(2)14-5-7-15(8-6-14)29(23,24)21-30(25,26)17(18,19)20/h5-8,12-13,21H,4,9-11H2,1-3H3. The zero-order valence-corrected chi connectivity index (χ0v) is 18.2. The summed E-state index contributed by atoms with van der Waals surface area (Å²) in [5.74, 6) is -0.991. The Balaban J connectivity index is 2.89. The lowest BCUT2D eigenvalue weighted by molar-refractivity contribution is -0.150. The number of sulfonamides is 2. The molecule has 0 aliphatic heterocycles. The number of rotatable bonds is 11. The Hall–Kier alpha value is -1.70. The van der Waals surface area contributed by atoms with Crippen LogP contribution in [0.25, 0.3) is 0 Å². The van der Waals surface area contributed by atoms with Gasteiger partial charge in [0.2, 0.25) is 0 Å². The summed E-state index contributed by atoms with van der Waals surface area (Å²) in [6, 6.07) is 4.70. The van der Waals surface area contributed by atoms with E-state index in [1.807, 2.05) is 6.92 Å². The minimum atomic E-state index is -6.07. The van der Waals surface area contributed by atoms with Crippen LogP contribution < -0.4 is 4.13 Å². The van der Waals surface area contributed by atoms with Gasteiger partial charge in [-0.2, -0.15) is 13.2 Å². The molecule has 13 heteroatoms. The van der Waals surface area contributed by atoms with Gasteiger partial charge in [0.1, 0.15) is 6.61 Å². The summed E-state index contributed by atoms with van der Waals surface area (Å²) in [6.07, 6.45) is 0.914. The van der Waals surface area contributed by atoms with Crippen molar-refractivity contribution in [3.8, 4) is 0 Å². The first-order valence-electron chi connectivity index (χ1n) is 8.85. The molecule has 2 atom stereocenters. The van der Waals surface area contributed by atoms with E-state index in [1.165, 1.54) is 19.2 Å². The molecule has 30 heavy (non-hydrogen) atoms. The fourth-order valence-electron chi connectivity index (χ4n) is 2.55. The van der Waals surface area contributed by atoms with Gasteiger partial charge < -0.3 is 9.47 Å². The third-order valence-electron chi connectivity index (χ3n) is 4.28. The summed E-state index contributed by atoms with van der Waals surface area (Å²) in [6.45, 7) is 4.00. The molecular weight excluding hydrogens is 451 g/mol. The van der Waals surface area contributed by atoms with E-state index < -0.39 is 36.4 Å². The molecule has 0 amide bonds. The number of alkyl halides is 3. The van der Waals surface area contributed by atoms with E-state index in [0.717, 1.165) is 12.1 Å². The van der Waals surface area contributed by atoms with E-state index in [0.29, 0.717) is 22.5 Å². The number of hydrogen-bond donors (Lipinski definition) is 1. The quantitative estimate of drug-likeness (QED) is 0.386. The van der Waals surface area contributed by atoms with E-state index in [-0.39, 0.29) is 25.1 Å². The highest BCUT2D eigenvalue weighted by Crippen LogP contribution is 2.28. The molecule has 1 aromatic rings. The molecule has 0 aromatic heterocycles. The molecule has 0 bridgehead atoms. The second-order valence-corrected chi connectivity index (χ2v) is 10.1. The van der Waals surface area contributed by atoms with Crippen molar-refractivity contribution in [2.75, 3.05) is 20.3 Å². The maximum atomic E-state index is 12.4. The molecular formula is C17H24F3NO7S2. The molecule has 1 aromatic carbocycles. The molecule has 0 spiro atoms. The average molecular weight is 476 g/mol. The van der Waals surface area contributed by atoms with Gasteiger partial charge in [0.25, 0.3) is 10.0 Å². The normalized spacial score (nSPS) is 14.9. The van der Waals surface area contributed by atoms with Gasteiger partial charge in [0, 0.05) is 7.11 Å². The second-order valence-electron chi connectivity index (χ2n) is 6.51. The number of carbonyl (C=O) groups excluding carboxylic acids is 1. The van der Waals surface area contributed by atoms with Crippen molar-refractivity contribution in [3.05, 3.63) is 29.8 Å². The number of carbonyl (C=O) groups is 1. The molecule has 0 fully saturated rings. The summed E-state index contributed by atoms with van der Waals surface area (Å²) in [5, 5.41) is 0. The lowest BCUT2D eigenvalue weighted by Gasteiger charge is -2.19. The highest BCUT2D eigenvalue weighted by atomic mass is 32.3. The maximum Gasteiger partial charge on any atom is 0.512 e. The van der Waals surface area contributed by atoms with Gasteiger partial charge in [0.05, 0.1) is 17.4 Å². The molecule has 172 valence electrons. The Labute approximate surface area is 173 Å². The van der Waals surface area contributed by atoms with Crippen LogP contribution in [0.5, 0.6) is 0 Å². The highest BCUT2D eigenvalue weighted by molar-refractivity contribution is 8.05. The van der Waals surface area contributed by atoms with E-state index in [4.69, 9.17) is 9.47 Å². The largest absolute Gasteiger partial charge is 0.512 e. The van der Waals surface area contributed by atoms with Gasteiger partial charge in [-0.3, -0.25) is 4.79 Å². The van der Waals surface area contributed by atoms with Crippen molar-refractivity contribution in [1.82, 2.24) is 4.13 Å². The average Bonchev–Trinajstić information content (AvgIpc) is 2.64. The number of methoxy groups -OCH3 is 1. The third-order valence-corrected chi connectivity index (χ3v) is 7.54. The van der Waals surface area contributed by atoms with Crippen molar-refractivity contribution in [2.24, 2.45) is 5.92 Å². The van der Waals surface area contributed by atoms with Gasteiger partial charge in [-0.1, -0.05) is 30.1 Å². The second kappa shape index (κ2) is 10.6. The van der Waals surface area contributed by atoms with Crippen LogP contribution in [0.4, 0.5) is 13.2 Å². The number of benzene rings is 1. The first kappa shape index (κ1) is 26.3. The van der Waals surface area contributed by atoms with Gasteiger partial charge >= 0.3 is 21.5 Å². The number of esters is 1. The number of hydrogen-bond acceptors (Lipinski definition) is 7. The van der Waals surface area contributed by atoms with Gasteiger partial charge in [-0.05, 0) is 36.5 Å². The smallest absolute Gasteiger partial charge is 0.463 e. The fourth-order valence-corrected chi connectivity index (χ4v) is 4.96. The molecule has 0 saturated heterocycles. The molecule has 8 nitrogen and oxygen atoms in total. The first-order chi connectivity index (χ1) is 13.7. The predicted octanol–water partition coefficient (Wildman–Crippen LogP) is 2.52. The van der Waals surface area contributed by atoms with Crippen molar-refractivity contribution in [2.45, 2.75) is 43.0 Å². The predicted molar refractivity (Wildman–Crippen MR) is 101 cm³/mol. The van der Waals surface area contributed by atoms with Crippen molar-refractivity contribution >= 4 is 26.0 Å². The van der Waals surface area contributed by atoms with Crippen LogP contribution in [0.15, 0.2) is 29.2 Å². The van der Waals surface area contributed by atoms with Crippen LogP contribution in [-0.2, 0) is 34.3 Å². The Bertz CT molecular complexity index is 914. The van der Waals surface area contributed by atoms with Crippen LogP contribution >= 0.6 is 0 Å². The molecule has 0 radical (unpaired) electrons. The van der Waals surface area contributed by atoms with Crippen LogP contribution in [0, 0.1) is 5.92 Å². The lowest BCUT2D eigenvalue weighted by atomic mass is 9.89. The molecule has 0 heterocycles. The zero-order valence-electron chi connectivity index (χ0n) is 16.6. The Morgan fingerprint density at radius 2 is 1.67 bits per heavy atom. The Morgan fingerprint density at radius 3 is 2.13 bits per heavy atom. The molecule has 0 saturated carbocycles. The topological polar surface area (TPSA) is 116 Å². The zero-order chi connectivity index (χ0) is 23.2. The van der Waals surface area contributed by atoms with E-state index in [1.54, 1.807) is 6.92 Å². The number of halogens is 3. The summed E-state index contributed by atoms with van der Waals surface area (Å²) in [7, 11) is -9.53. The highest BCUT2D eigenvalue weighted by Gasteiger charge is 2.48. The van der Waals surface area contributed by atoms with Crippen LogP contribution in [0.3, 0.4) is 0 Å². The first-order valence-corrected chi connectivity index (χ1v) is 11.8. The lowest BCUT2D eigenvalue weighted by Crippen LogP contribution is -2.40.